The highest BCUT2D eigenvalue weighted by Gasteiger charge is 2.07. The number of benzene rings is 1. The minimum Gasteiger partial charge on any atom is -0.507 e. The van der Waals surface area contributed by atoms with Crippen LogP contribution in [0.2, 0.25) is 0 Å². The maximum Gasteiger partial charge on any atom is 0.329 e. The molecule has 1 aromatic rings. The van der Waals surface area contributed by atoms with E-state index in [2.05, 4.69) is 21.2 Å². The minimum absolute atomic E-state index is 0.0234. The van der Waals surface area contributed by atoms with Crippen molar-refractivity contribution < 1.29 is 24.5 Å². The first-order valence-corrected chi connectivity index (χ1v) is 5.86. The number of rotatable bonds is 6. The molecule has 0 heterocycles. The van der Waals surface area contributed by atoms with Gasteiger partial charge in [-0.05, 0) is 34.1 Å². The summed E-state index contributed by atoms with van der Waals surface area (Å²) in [6.07, 6.45) is 0. The van der Waals surface area contributed by atoms with Crippen molar-refractivity contribution in [1.82, 2.24) is 5.32 Å². The lowest BCUT2D eigenvalue weighted by Gasteiger charge is -2.06. The Balaban J connectivity index is 2.36. The normalized spacial score (nSPS) is 10.1. The average Bonchev–Trinajstić information content (AvgIpc) is 2.31. The van der Waals surface area contributed by atoms with E-state index in [-0.39, 0.29) is 24.8 Å². The molecule has 3 N–H and O–H groups in total. The number of hydrogen-bond donors (Lipinski definition) is 3. The SMILES string of the molecule is O=C(O)COCCNC(=O)c1ccc(Br)c(O)c1. The van der Waals surface area contributed by atoms with Gasteiger partial charge in [0.1, 0.15) is 12.4 Å². The Labute approximate surface area is 112 Å². The summed E-state index contributed by atoms with van der Waals surface area (Å²) < 4.78 is 5.26. The van der Waals surface area contributed by atoms with Crippen LogP contribution < -0.4 is 5.32 Å². The van der Waals surface area contributed by atoms with Gasteiger partial charge in [-0.15, -0.1) is 0 Å². The van der Waals surface area contributed by atoms with Gasteiger partial charge in [-0.3, -0.25) is 4.79 Å². The van der Waals surface area contributed by atoms with E-state index in [9.17, 15) is 14.7 Å². The second-order valence-corrected chi connectivity index (χ2v) is 4.22. The molecule has 0 aliphatic rings. The van der Waals surface area contributed by atoms with Crippen molar-refractivity contribution in [3.63, 3.8) is 0 Å². The summed E-state index contributed by atoms with van der Waals surface area (Å²) in [7, 11) is 0. The molecular weight excluding hydrogens is 306 g/mol. The van der Waals surface area contributed by atoms with Crippen LogP contribution in [0.1, 0.15) is 10.4 Å². The molecule has 0 aliphatic carbocycles. The Kier molecular flexibility index (Phi) is 5.60. The smallest absolute Gasteiger partial charge is 0.329 e. The highest BCUT2D eigenvalue weighted by atomic mass is 79.9. The fraction of sp³-hybridized carbons (Fsp3) is 0.273. The highest BCUT2D eigenvalue weighted by Crippen LogP contribution is 2.24. The molecule has 0 spiro atoms. The number of carboxylic acids is 1. The molecule has 0 unspecified atom stereocenters. The van der Waals surface area contributed by atoms with Crippen molar-refractivity contribution in [1.29, 1.82) is 0 Å². The van der Waals surface area contributed by atoms with E-state index in [1.807, 2.05) is 0 Å². The average molecular weight is 318 g/mol. The molecule has 0 bridgehead atoms. The van der Waals surface area contributed by atoms with Crippen LogP contribution >= 0.6 is 15.9 Å². The Morgan fingerprint density at radius 1 is 1.39 bits per heavy atom. The molecule has 1 amide bonds. The van der Waals surface area contributed by atoms with E-state index in [0.717, 1.165) is 0 Å². The molecule has 0 radical (unpaired) electrons. The van der Waals surface area contributed by atoms with Crippen LogP contribution in [0.5, 0.6) is 5.75 Å². The van der Waals surface area contributed by atoms with Crippen molar-refractivity contribution in [2.75, 3.05) is 19.8 Å². The Morgan fingerprint density at radius 2 is 2.11 bits per heavy atom. The maximum atomic E-state index is 11.6. The zero-order chi connectivity index (χ0) is 13.5. The molecule has 1 aromatic carbocycles. The van der Waals surface area contributed by atoms with E-state index in [4.69, 9.17) is 9.84 Å². The summed E-state index contributed by atoms with van der Waals surface area (Å²) in [5.41, 5.74) is 0.314. The molecule has 0 fully saturated rings. The maximum absolute atomic E-state index is 11.6. The fourth-order valence-corrected chi connectivity index (χ4v) is 1.40. The molecule has 6 nitrogen and oxygen atoms in total. The summed E-state index contributed by atoms with van der Waals surface area (Å²) in [5.74, 6) is -1.44. The molecule has 7 heteroatoms. The molecule has 0 aromatic heterocycles. The number of aromatic hydroxyl groups is 1. The number of carbonyl (C=O) groups excluding carboxylic acids is 1. The predicted octanol–water partition coefficient (Wildman–Crippen LogP) is 0.986. The first-order valence-electron chi connectivity index (χ1n) is 5.07. The Bertz CT molecular complexity index is 449. The number of halogens is 1. The summed E-state index contributed by atoms with van der Waals surface area (Å²) >= 11 is 3.11. The van der Waals surface area contributed by atoms with Crippen LogP contribution in [0.25, 0.3) is 0 Å². The summed E-state index contributed by atoms with van der Waals surface area (Å²) in [4.78, 5) is 21.7. The third-order valence-electron chi connectivity index (χ3n) is 1.97. The largest absolute Gasteiger partial charge is 0.507 e. The second kappa shape index (κ2) is 6.97. The van der Waals surface area contributed by atoms with Crippen molar-refractivity contribution in [3.05, 3.63) is 28.2 Å². The molecule has 0 aliphatic heterocycles. The van der Waals surface area contributed by atoms with Gasteiger partial charge in [0.05, 0.1) is 11.1 Å². The molecule has 0 atom stereocenters. The van der Waals surface area contributed by atoms with Gasteiger partial charge >= 0.3 is 5.97 Å². The highest BCUT2D eigenvalue weighted by molar-refractivity contribution is 9.10. The van der Waals surface area contributed by atoms with Gasteiger partial charge in [0.2, 0.25) is 0 Å². The zero-order valence-corrected chi connectivity index (χ0v) is 10.9. The van der Waals surface area contributed by atoms with Gasteiger partial charge in [0.15, 0.2) is 0 Å². The summed E-state index contributed by atoms with van der Waals surface area (Å²) in [6.45, 7) is -0.0849. The molecule has 18 heavy (non-hydrogen) atoms. The second-order valence-electron chi connectivity index (χ2n) is 3.37. The first-order chi connectivity index (χ1) is 8.50. The number of phenols is 1. The van der Waals surface area contributed by atoms with E-state index in [1.54, 1.807) is 12.1 Å². The van der Waals surface area contributed by atoms with Crippen molar-refractivity contribution >= 4 is 27.8 Å². The van der Waals surface area contributed by atoms with E-state index in [0.29, 0.717) is 10.0 Å². The first kappa shape index (κ1) is 14.5. The molecular formula is C11H12BrNO5. The fourth-order valence-electron chi connectivity index (χ4n) is 1.15. The number of hydrogen-bond acceptors (Lipinski definition) is 4. The molecule has 98 valence electrons. The van der Waals surface area contributed by atoms with Gasteiger partial charge in [-0.2, -0.15) is 0 Å². The predicted molar refractivity (Wildman–Crippen MR) is 66.6 cm³/mol. The summed E-state index contributed by atoms with van der Waals surface area (Å²) in [6, 6.07) is 4.44. The Hall–Kier alpha value is -1.60. The number of carboxylic acid groups (broad SMARTS) is 1. The topological polar surface area (TPSA) is 95.9 Å². The van der Waals surface area contributed by atoms with Crippen LogP contribution in [0.3, 0.4) is 0 Å². The third-order valence-corrected chi connectivity index (χ3v) is 2.64. The van der Waals surface area contributed by atoms with Crippen LogP contribution in [-0.4, -0.2) is 41.8 Å². The van der Waals surface area contributed by atoms with Crippen LogP contribution in [-0.2, 0) is 9.53 Å². The minimum atomic E-state index is -1.06. The quantitative estimate of drug-likeness (QED) is 0.680. The lowest BCUT2D eigenvalue weighted by atomic mass is 10.2. The molecule has 0 saturated carbocycles. The lowest BCUT2D eigenvalue weighted by Crippen LogP contribution is -2.27. The summed E-state index contributed by atoms with van der Waals surface area (Å²) in [5, 5.41) is 20.3. The standard InChI is InChI=1S/C11H12BrNO5/c12-8-2-1-7(5-9(8)14)11(17)13-3-4-18-6-10(15)16/h1-2,5,14H,3-4,6H2,(H,13,17)(H,15,16). The molecule has 0 saturated heterocycles. The lowest BCUT2D eigenvalue weighted by molar-refractivity contribution is -0.142. The number of phenolic OH excluding ortho intramolecular Hbond substituents is 1. The van der Waals surface area contributed by atoms with E-state index in [1.165, 1.54) is 6.07 Å². The van der Waals surface area contributed by atoms with Gasteiger partial charge in [-0.25, -0.2) is 4.79 Å². The van der Waals surface area contributed by atoms with E-state index >= 15 is 0 Å². The third kappa shape index (κ3) is 4.72. The van der Waals surface area contributed by atoms with E-state index < -0.39 is 12.6 Å². The zero-order valence-electron chi connectivity index (χ0n) is 9.35. The number of ether oxygens (including phenoxy) is 1. The van der Waals surface area contributed by atoms with Crippen LogP contribution in [0.4, 0.5) is 0 Å². The van der Waals surface area contributed by atoms with Gasteiger partial charge in [0, 0.05) is 12.1 Å². The van der Waals surface area contributed by atoms with Crippen molar-refractivity contribution in [2.45, 2.75) is 0 Å². The number of amides is 1. The number of aliphatic carboxylic acids is 1. The Morgan fingerprint density at radius 3 is 2.72 bits per heavy atom. The monoisotopic (exact) mass is 317 g/mol. The van der Waals surface area contributed by atoms with Crippen LogP contribution in [0.15, 0.2) is 22.7 Å². The van der Waals surface area contributed by atoms with Gasteiger partial charge in [0.25, 0.3) is 5.91 Å². The van der Waals surface area contributed by atoms with Gasteiger partial charge in [-0.1, -0.05) is 0 Å². The molecule has 1 rings (SSSR count). The van der Waals surface area contributed by atoms with Crippen molar-refractivity contribution in [2.24, 2.45) is 0 Å². The number of nitrogens with one attached hydrogen (secondary N) is 1. The number of carbonyl (C=O) groups is 2. The van der Waals surface area contributed by atoms with Crippen LogP contribution in [0, 0.1) is 0 Å². The van der Waals surface area contributed by atoms with Crippen molar-refractivity contribution in [3.8, 4) is 5.75 Å². The van der Waals surface area contributed by atoms with Gasteiger partial charge < -0.3 is 20.3 Å².